The zero-order valence-corrected chi connectivity index (χ0v) is 10.6. The number of benzene rings is 2. The van der Waals surface area contributed by atoms with Gasteiger partial charge in [0.05, 0.1) is 0 Å². The van der Waals surface area contributed by atoms with Gasteiger partial charge in [0.2, 0.25) is 5.91 Å². The summed E-state index contributed by atoms with van der Waals surface area (Å²) in [4.78, 5) is 22.9. The maximum absolute atomic E-state index is 11.5. The van der Waals surface area contributed by atoms with Crippen molar-refractivity contribution >= 4 is 39.8 Å². The van der Waals surface area contributed by atoms with Gasteiger partial charge in [-0.25, -0.2) is 0 Å². The van der Waals surface area contributed by atoms with Crippen LogP contribution in [0, 0.1) is 0 Å². The van der Waals surface area contributed by atoms with Crippen molar-refractivity contribution in [3.63, 3.8) is 0 Å². The molecule has 92 valence electrons. The average molecular weight is 262 g/mol. The van der Waals surface area contributed by atoms with E-state index < -0.39 is 0 Å². The third kappa shape index (κ3) is 2.36. The molecule has 18 heavy (non-hydrogen) atoms. The van der Waals surface area contributed by atoms with Gasteiger partial charge in [0.25, 0.3) is 0 Å². The second-order valence-corrected chi connectivity index (χ2v) is 4.21. The first-order valence-electron chi connectivity index (χ1n) is 5.52. The lowest BCUT2D eigenvalue weighted by Crippen LogP contribution is -2.13. The quantitative estimate of drug-likeness (QED) is 0.681. The molecule has 0 unspecified atom stereocenters. The number of carbonyl (C=O) groups is 2. The molecule has 0 saturated heterocycles. The molecule has 0 heterocycles. The zero-order valence-electron chi connectivity index (χ0n) is 9.87. The summed E-state index contributed by atoms with van der Waals surface area (Å²) in [6.07, 6.45) is 0. The molecule has 2 aromatic carbocycles. The van der Waals surface area contributed by atoms with Crippen LogP contribution in [0.25, 0.3) is 10.8 Å². The number of anilines is 1. The van der Waals surface area contributed by atoms with E-state index in [4.69, 9.17) is 11.6 Å². The van der Waals surface area contributed by atoms with Gasteiger partial charge in [-0.3, -0.25) is 9.59 Å². The minimum absolute atomic E-state index is 0.00131. The number of hydrogen-bond acceptors (Lipinski definition) is 2. The van der Waals surface area contributed by atoms with Crippen LogP contribution in [0.15, 0.2) is 36.4 Å². The normalized spacial score (nSPS) is 10.3. The molecule has 2 aromatic rings. The van der Waals surface area contributed by atoms with Crippen LogP contribution >= 0.6 is 11.6 Å². The highest BCUT2D eigenvalue weighted by atomic mass is 35.5. The molecule has 0 spiro atoms. The standard InChI is InChI=1S/C14H12ClNO2/c1-9(17)10-6-7-13(16-14(18)8-15)12-5-3-2-4-11(10)12/h2-7H,8H2,1H3,(H,16,18). The molecule has 0 atom stereocenters. The summed E-state index contributed by atoms with van der Waals surface area (Å²) in [5, 5.41) is 4.39. The zero-order chi connectivity index (χ0) is 13.1. The summed E-state index contributed by atoms with van der Waals surface area (Å²) in [5.41, 5.74) is 1.32. The predicted octanol–water partition coefficient (Wildman–Crippen LogP) is 3.22. The smallest absolute Gasteiger partial charge is 0.239 e. The Morgan fingerprint density at radius 1 is 1.11 bits per heavy atom. The Morgan fingerprint density at radius 3 is 2.39 bits per heavy atom. The summed E-state index contributed by atoms with van der Waals surface area (Å²) in [7, 11) is 0. The highest BCUT2D eigenvalue weighted by Crippen LogP contribution is 2.27. The van der Waals surface area contributed by atoms with E-state index in [-0.39, 0.29) is 17.6 Å². The second kappa shape index (κ2) is 5.19. The molecular formula is C14H12ClNO2. The number of rotatable bonds is 3. The first-order chi connectivity index (χ1) is 8.63. The van der Waals surface area contributed by atoms with Crippen LogP contribution in [-0.2, 0) is 4.79 Å². The lowest BCUT2D eigenvalue weighted by molar-refractivity contribution is -0.113. The number of ketones is 1. The molecule has 1 N–H and O–H groups in total. The van der Waals surface area contributed by atoms with Crippen molar-refractivity contribution in [2.24, 2.45) is 0 Å². The molecule has 0 fully saturated rings. The minimum Gasteiger partial charge on any atom is -0.324 e. The molecule has 0 aromatic heterocycles. The van der Waals surface area contributed by atoms with Crippen LogP contribution in [0.5, 0.6) is 0 Å². The molecule has 3 nitrogen and oxygen atoms in total. The molecule has 2 rings (SSSR count). The van der Waals surface area contributed by atoms with Crippen LogP contribution < -0.4 is 5.32 Å². The fourth-order valence-corrected chi connectivity index (χ4v) is 1.97. The Kier molecular flexibility index (Phi) is 3.63. The summed E-state index contributed by atoms with van der Waals surface area (Å²) < 4.78 is 0. The van der Waals surface area contributed by atoms with Gasteiger partial charge in [0.15, 0.2) is 5.78 Å². The molecule has 0 radical (unpaired) electrons. The summed E-state index contributed by atoms with van der Waals surface area (Å²) >= 11 is 5.47. The van der Waals surface area contributed by atoms with Gasteiger partial charge in [-0.05, 0) is 24.4 Å². The minimum atomic E-state index is -0.266. The third-order valence-electron chi connectivity index (χ3n) is 2.70. The average Bonchev–Trinajstić information content (AvgIpc) is 2.38. The maximum atomic E-state index is 11.5. The van der Waals surface area contributed by atoms with E-state index in [1.54, 1.807) is 12.1 Å². The lowest BCUT2D eigenvalue weighted by atomic mass is 10.0. The van der Waals surface area contributed by atoms with Crippen molar-refractivity contribution in [3.05, 3.63) is 42.0 Å². The van der Waals surface area contributed by atoms with E-state index in [0.717, 1.165) is 10.8 Å². The van der Waals surface area contributed by atoms with E-state index in [1.165, 1.54) is 6.92 Å². The summed E-state index contributed by atoms with van der Waals surface area (Å²) in [6.45, 7) is 1.53. The monoisotopic (exact) mass is 261 g/mol. The number of carbonyl (C=O) groups excluding carboxylic acids is 2. The van der Waals surface area contributed by atoms with Crippen molar-refractivity contribution in [1.82, 2.24) is 0 Å². The number of halogens is 1. The topological polar surface area (TPSA) is 46.2 Å². The lowest BCUT2D eigenvalue weighted by Gasteiger charge is -2.10. The third-order valence-corrected chi connectivity index (χ3v) is 2.94. The highest BCUT2D eigenvalue weighted by molar-refractivity contribution is 6.29. The van der Waals surface area contributed by atoms with E-state index in [2.05, 4.69) is 5.32 Å². The van der Waals surface area contributed by atoms with Crippen LogP contribution in [0.1, 0.15) is 17.3 Å². The largest absolute Gasteiger partial charge is 0.324 e. The number of alkyl halides is 1. The van der Waals surface area contributed by atoms with E-state index in [9.17, 15) is 9.59 Å². The van der Waals surface area contributed by atoms with Gasteiger partial charge >= 0.3 is 0 Å². The number of hydrogen-bond donors (Lipinski definition) is 1. The summed E-state index contributed by atoms with van der Waals surface area (Å²) in [5.74, 6) is -0.359. The Bertz CT molecular complexity index is 622. The van der Waals surface area contributed by atoms with Crippen LogP contribution in [0.3, 0.4) is 0 Å². The summed E-state index contributed by atoms with van der Waals surface area (Å²) in [6, 6.07) is 10.9. The molecule has 0 aliphatic carbocycles. The van der Waals surface area contributed by atoms with Gasteiger partial charge in [-0.15, -0.1) is 11.6 Å². The van der Waals surface area contributed by atoms with Gasteiger partial charge < -0.3 is 5.32 Å². The van der Waals surface area contributed by atoms with Gasteiger partial charge in [-0.1, -0.05) is 24.3 Å². The Morgan fingerprint density at radius 2 is 1.78 bits per heavy atom. The SMILES string of the molecule is CC(=O)c1ccc(NC(=O)CCl)c2ccccc12. The number of fused-ring (bicyclic) bond motifs is 1. The van der Waals surface area contributed by atoms with Crippen molar-refractivity contribution in [2.45, 2.75) is 6.92 Å². The van der Waals surface area contributed by atoms with Crippen LogP contribution in [0.2, 0.25) is 0 Å². The molecular weight excluding hydrogens is 250 g/mol. The first kappa shape index (κ1) is 12.6. The number of Topliss-reactive ketones (excluding diaryl/α,β-unsaturated/α-hetero) is 1. The molecule has 0 aliphatic heterocycles. The highest BCUT2D eigenvalue weighted by Gasteiger charge is 2.10. The van der Waals surface area contributed by atoms with E-state index >= 15 is 0 Å². The van der Waals surface area contributed by atoms with Crippen molar-refractivity contribution in [2.75, 3.05) is 11.2 Å². The van der Waals surface area contributed by atoms with Gasteiger partial charge in [0.1, 0.15) is 5.88 Å². The maximum Gasteiger partial charge on any atom is 0.239 e. The Labute approximate surface area is 110 Å². The van der Waals surface area contributed by atoms with Crippen LogP contribution in [-0.4, -0.2) is 17.6 Å². The fourth-order valence-electron chi connectivity index (χ4n) is 1.90. The predicted molar refractivity (Wildman–Crippen MR) is 73.3 cm³/mol. The van der Waals surface area contributed by atoms with Crippen molar-refractivity contribution in [3.8, 4) is 0 Å². The number of nitrogens with one attached hydrogen (secondary N) is 1. The molecule has 0 bridgehead atoms. The fraction of sp³-hybridized carbons (Fsp3) is 0.143. The Balaban J connectivity index is 2.61. The Hall–Kier alpha value is -1.87. The first-order valence-corrected chi connectivity index (χ1v) is 6.05. The molecule has 0 saturated carbocycles. The van der Waals surface area contributed by atoms with E-state index in [0.29, 0.717) is 11.3 Å². The second-order valence-electron chi connectivity index (χ2n) is 3.94. The van der Waals surface area contributed by atoms with Crippen molar-refractivity contribution in [1.29, 1.82) is 0 Å². The number of amides is 1. The van der Waals surface area contributed by atoms with Crippen LogP contribution in [0.4, 0.5) is 5.69 Å². The van der Waals surface area contributed by atoms with E-state index in [1.807, 2.05) is 24.3 Å². The van der Waals surface area contributed by atoms with Crippen molar-refractivity contribution < 1.29 is 9.59 Å². The molecule has 0 aliphatic rings. The van der Waals surface area contributed by atoms with Gasteiger partial charge in [0, 0.05) is 16.6 Å². The molecule has 1 amide bonds. The molecule has 4 heteroatoms. The van der Waals surface area contributed by atoms with Gasteiger partial charge in [-0.2, -0.15) is 0 Å².